The van der Waals surface area contributed by atoms with Crippen LogP contribution < -0.4 is 0 Å². The normalized spacial score (nSPS) is 11.0. The van der Waals surface area contributed by atoms with Crippen molar-refractivity contribution >= 4 is 17.3 Å². The van der Waals surface area contributed by atoms with E-state index >= 15 is 0 Å². The SMILES string of the molecule is CCc1nc(CN(C)C)sc1CCC(=O)O. The third kappa shape index (κ3) is 3.90. The van der Waals surface area contributed by atoms with E-state index in [1.165, 1.54) is 0 Å². The Morgan fingerprint density at radius 1 is 1.50 bits per heavy atom. The highest BCUT2D eigenvalue weighted by Crippen LogP contribution is 2.21. The summed E-state index contributed by atoms with van der Waals surface area (Å²) in [6.45, 7) is 2.88. The Balaban J connectivity index is 2.73. The van der Waals surface area contributed by atoms with Crippen molar-refractivity contribution in [2.24, 2.45) is 0 Å². The molecule has 0 spiro atoms. The zero-order valence-electron chi connectivity index (χ0n) is 9.99. The number of rotatable bonds is 6. The molecule has 0 aliphatic rings. The monoisotopic (exact) mass is 242 g/mol. The van der Waals surface area contributed by atoms with Crippen molar-refractivity contribution in [2.75, 3.05) is 14.1 Å². The molecule has 0 aliphatic heterocycles. The molecule has 0 radical (unpaired) electrons. The Kier molecular flexibility index (Phi) is 4.89. The number of carbonyl (C=O) groups is 1. The molecule has 16 heavy (non-hydrogen) atoms. The predicted molar refractivity (Wildman–Crippen MR) is 64.8 cm³/mol. The molecule has 5 heteroatoms. The highest BCUT2D eigenvalue weighted by Gasteiger charge is 2.11. The average molecular weight is 242 g/mol. The fraction of sp³-hybridized carbons (Fsp3) is 0.636. The zero-order valence-corrected chi connectivity index (χ0v) is 10.8. The Hall–Kier alpha value is -0.940. The maximum absolute atomic E-state index is 10.5. The number of carboxylic acid groups (broad SMARTS) is 1. The summed E-state index contributed by atoms with van der Waals surface area (Å²) in [7, 11) is 4.01. The molecule has 4 nitrogen and oxygen atoms in total. The van der Waals surface area contributed by atoms with Gasteiger partial charge in [0.1, 0.15) is 5.01 Å². The van der Waals surface area contributed by atoms with E-state index in [0.29, 0.717) is 6.42 Å². The Morgan fingerprint density at radius 2 is 2.19 bits per heavy atom. The molecule has 0 fully saturated rings. The van der Waals surface area contributed by atoms with Crippen LogP contribution in [0.4, 0.5) is 0 Å². The Labute approximate surface area is 99.9 Å². The minimum atomic E-state index is -0.746. The standard InChI is InChI=1S/C11H18N2O2S/c1-4-8-9(5-6-11(14)15)16-10(12-8)7-13(2)3/h4-7H2,1-3H3,(H,14,15). The van der Waals surface area contributed by atoms with Crippen LogP contribution in [0.1, 0.15) is 28.9 Å². The molecule has 0 amide bonds. The van der Waals surface area contributed by atoms with E-state index in [2.05, 4.69) is 16.8 Å². The predicted octanol–water partition coefficient (Wildman–Crippen LogP) is 1.78. The van der Waals surface area contributed by atoms with Gasteiger partial charge < -0.3 is 10.0 Å². The lowest BCUT2D eigenvalue weighted by Crippen LogP contribution is -2.10. The largest absolute Gasteiger partial charge is 0.481 e. The summed E-state index contributed by atoms with van der Waals surface area (Å²) in [6, 6.07) is 0. The van der Waals surface area contributed by atoms with E-state index in [1.54, 1.807) is 11.3 Å². The summed E-state index contributed by atoms with van der Waals surface area (Å²) in [5.41, 5.74) is 1.06. The summed E-state index contributed by atoms with van der Waals surface area (Å²) in [4.78, 5) is 18.3. The number of aliphatic carboxylic acids is 1. The number of aryl methyl sites for hydroxylation is 2. The second-order valence-electron chi connectivity index (χ2n) is 3.96. The van der Waals surface area contributed by atoms with Gasteiger partial charge in [-0.1, -0.05) is 6.92 Å². The summed E-state index contributed by atoms with van der Waals surface area (Å²) in [6.07, 6.45) is 1.67. The van der Waals surface area contributed by atoms with Crippen LogP contribution in [-0.4, -0.2) is 35.1 Å². The number of thiazole rings is 1. The fourth-order valence-electron chi connectivity index (χ4n) is 1.47. The van der Waals surface area contributed by atoms with Crippen molar-refractivity contribution in [3.05, 3.63) is 15.6 Å². The fourth-order valence-corrected chi connectivity index (χ4v) is 2.74. The van der Waals surface area contributed by atoms with Crippen molar-refractivity contribution in [3.63, 3.8) is 0 Å². The summed E-state index contributed by atoms with van der Waals surface area (Å²) in [5.74, 6) is -0.746. The van der Waals surface area contributed by atoms with Gasteiger partial charge in [0.25, 0.3) is 0 Å². The van der Waals surface area contributed by atoms with Crippen LogP contribution in [0.25, 0.3) is 0 Å². The van der Waals surface area contributed by atoms with Crippen LogP contribution in [-0.2, 0) is 24.2 Å². The van der Waals surface area contributed by atoms with Crippen LogP contribution in [0.3, 0.4) is 0 Å². The Bertz CT molecular complexity index is 361. The van der Waals surface area contributed by atoms with E-state index < -0.39 is 5.97 Å². The van der Waals surface area contributed by atoms with Crippen molar-refractivity contribution < 1.29 is 9.90 Å². The number of hydrogen-bond donors (Lipinski definition) is 1. The minimum absolute atomic E-state index is 0.191. The second-order valence-corrected chi connectivity index (χ2v) is 5.13. The molecule has 90 valence electrons. The molecule has 1 N–H and O–H groups in total. The summed E-state index contributed by atoms with van der Waals surface area (Å²) in [5, 5.41) is 9.74. The first-order valence-electron chi connectivity index (χ1n) is 5.37. The van der Waals surface area contributed by atoms with Crippen LogP contribution in [0, 0.1) is 0 Å². The van der Waals surface area contributed by atoms with Gasteiger partial charge in [-0.05, 0) is 26.9 Å². The van der Waals surface area contributed by atoms with Gasteiger partial charge in [-0.25, -0.2) is 4.98 Å². The van der Waals surface area contributed by atoms with Gasteiger partial charge in [0, 0.05) is 11.4 Å². The molecule has 1 rings (SSSR count). The van der Waals surface area contributed by atoms with Crippen LogP contribution in [0.2, 0.25) is 0 Å². The highest BCUT2D eigenvalue weighted by atomic mass is 32.1. The topological polar surface area (TPSA) is 53.4 Å². The number of hydrogen-bond acceptors (Lipinski definition) is 4. The first-order chi connectivity index (χ1) is 7.52. The van der Waals surface area contributed by atoms with Crippen LogP contribution >= 0.6 is 11.3 Å². The van der Waals surface area contributed by atoms with E-state index in [4.69, 9.17) is 5.11 Å². The van der Waals surface area contributed by atoms with E-state index in [0.717, 1.165) is 28.5 Å². The lowest BCUT2D eigenvalue weighted by atomic mass is 10.2. The van der Waals surface area contributed by atoms with Gasteiger partial charge in [0.2, 0.25) is 0 Å². The third-order valence-corrected chi connectivity index (χ3v) is 3.32. The quantitative estimate of drug-likeness (QED) is 0.826. The number of carboxylic acids is 1. The molecule has 1 heterocycles. The average Bonchev–Trinajstić information content (AvgIpc) is 2.56. The smallest absolute Gasteiger partial charge is 0.303 e. The summed E-state index contributed by atoms with van der Waals surface area (Å²) >= 11 is 1.64. The molecule has 0 unspecified atom stereocenters. The van der Waals surface area contributed by atoms with Crippen molar-refractivity contribution in [1.29, 1.82) is 0 Å². The van der Waals surface area contributed by atoms with E-state index in [9.17, 15) is 4.79 Å². The third-order valence-electron chi connectivity index (χ3n) is 2.17. The molecule has 0 aliphatic carbocycles. The molecule has 0 saturated heterocycles. The van der Waals surface area contributed by atoms with Crippen LogP contribution in [0.15, 0.2) is 0 Å². The van der Waals surface area contributed by atoms with Gasteiger partial charge in [-0.15, -0.1) is 11.3 Å². The highest BCUT2D eigenvalue weighted by molar-refractivity contribution is 7.11. The van der Waals surface area contributed by atoms with Gasteiger partial charge >= 0.3 is 5.97 Å². The van der Waals surface area contributed by atoms with Gasteiger partial charge in [0.05, 0.1) is 12.1 Å². The number of nitrogens with zero attached hydrogens (tertiary/aromatic N) is 2. The molecule has 1 aromatic heterocycles. The molecule has 1 aromatic rings. The molecule has 0 atom stereocenters. The van der Waals surface area contributed by atoms with Crippen LogP contribution in [0.5, 0.6) is 0 Å². The first kappa shape index (κ1) is 13.1. The molecule has 0 saturated carbocycles. The van der Waals surface area contributed by atoms with E-state index in [-0.39, 0.29) is 6.42 Å². The lowest BCUT2D eigenvalue weighted by Gasteiger charge is -2.04. The van der Waals surface area contributed by atoms with Gasteiger partial charge in [0.15, 0.2) is 0 Å². The first-order valence-corrected chi connectivity index (χ1v) is 6.18. The molecular weight excluding hydrogens is 224 g/mol. The minimum Gasteiger partial charge on any atom is -0.481 e. The maximum atomic E-state index is 10.5. The molecule has 0 aromatic carbocycles. The lowest BCUT2D eigenvalue weighted by molar-refractivity contribution is -0.136. The maximum Gasteiger partial charge on any atom is 0.303 e. The zero-order chi connectivity index (χ0) is 12.1. The van der Waals surface area contributed by atoms with E-state index in [1.807, 2.05) is 14.1 Å². The van der Waals surface area contributed by atoms with Gasteiger partial charge in [-0.2, -0.15) is 0 Å². The van der Waals surface area contributed by atoms with Crippen molar-refractivity contribution in [1.82, 2.24) is 9.88 Å². The second kappa shape index (κ2) is 5.96. The van der Waals surface area contributed by atoms with Crippen molar-refractivity contribution in [3.8, 4) is 0 Å². The molecule has 0 bridgehead atoms. The summed E-state index contributed by atoms with van der Waals surface area (Å²) < 4.78 is 0. The molecular formula is C11H18N2O2S. The van der Waals surface area contributed by atoms with Crippen molar-refractivity contribution in [2.45, 2.75) is 32.7 Å². The number of aromatic nitrogens is 1. The van der Waals surface area contributed by atoms with Gasteiger partial charge in [-0.3, -0.25) is 4.79 Å². The Morgan fingerprint density at radius 3 is 2.69 bits per heavy atom.